The molecule has 2 heterocycles. The lowest BCUT2D eigenvalue weighted by molar-refractivity contribution is -0.129. The quantitative estimate of drug-likeness (QED) is 0.648. The van der Waals surface area contributed by atoms with Crippen molar-refractivity contribution in [3.05, 3.63) is 75.3 Å². The zero-order valence-electron chi connectivity index (χ0n) is 18.0. The Hall–Kier alpha value is -2.71. The molecule has 2 aliphatic heterocycles. The number of nitriles is 1. The van der Waals surface area contributed by atoms with E-state index in [0.29, 0.717) is 19.0 Å². The van der Waals surface area contributed by atoms with Gasteiger partial charge in [-0.1, -0.05) is 55.9 Å². The third kappa shape index (κ3) is 3.73. The first-order chi connectivity index (χ1) is 14.4. The summed E-state index contributed by atoms with van der Waals surface area (Å²) in [6.45, 7) is 9.04. The Morgan fingerprint density at radius 2 is 1.83 bits per heavy atom. The van der Waals surface area contributed by atoms with Crippen molar-refractivity contribution in [1.82, 2.24) is 4.90 Å². The molecule has 5 heteroatoms. The summed E-state index contributed by atoms with van der Waals surface area (Å²) in [5, 5.41) is 10.8. The van der Waals surface area contributed by atoms with E-state index in [1.54, 1.807) is 16.7 Å². The molecule has 1 fully saturated rings. The lowest BCUT2D eigenvalue weighted by atomic mass is 9.85. The van der Waals surface area contributed by atoms with Gasteiger partial charge >= 0.3 is 0 Å². The summed E-state index contributed by atoms with van der Waals surface area (Å²) in [7, 11) is 0. The van der Waals surface area contributed by atoms with Crippen LogP contribution in [0.3, 0.4) is 0 Å². The average molecular weight is 418 g/mol. The van der Waals surface area contributed by atoms with E-state index in [9.17, 15) is 10.1 Å². The fourth-order valence-electron chi connectivity index (χ4n) is 4.05. The normalized spacial score (nSPS) is 19.2. The summed E-state index contributed by atoms with van der Waals surface area (Å²) in [6.07, 6.45) is 0.342. The van der Waals surface area contributed by atoms with Crippen LogP contribution in [0.4, 0.5) is 5.69 Å². The number of allylic oxidation sites excluding steroid dienone is 1. The highest BCUT2D eigenvalue weighted by atomic mass is 32.2. The standard InChI is InChI=1S/C25H27N3OS/c1-16(2)19-6-8-20(9-7-19)22-12-24(29)28-14-27(15-30-25(28)23(22)13-26)21-10-5-17(3)18(4)11-21/h5-11,16,22H,12,14-15H2,1-4H3. The van der Waals surface area contributed by atoms with Crippen molar-refractivity contribution in [2.24, 2.45) is 0 Å². The fourth-order valence-corrected chi connectivity index (χ4v) is 5.21. The summed E-state index contributed by atoms with van der Waals surface area (Å²) >= 11 is 1.59. The minimum absolute atomic E-state index is 0.0861. The smallest absolute Gasteiger partial charge is 0.229 e. The molecule has 30 heavy (non-hydrogen) atoms. The van der Waals surface area contributed by atoms with Crippen molar-refractivity contribution < 1.29 is 4.79 Å². The molecule has 0 radical (unpaired) electrons. The molecule has 4 rings (SSSR count). The highest BCUT2D eigenvalue weighted by molar-refractivity contribution is 8.03. The Balaban J connectivity index is 1.63. The van der Waals surface area contributed by atoms with Crippen LogP contribution in [0.25, 0.3) is 0 Å². The van der Waals surface area contributed by atoms with Crippen molar-refractivity contribution in [2.45, 2.75) is 46.0 Å². The van der Waals surface area contributed by atoms with Gasteiger partial charge in [-0.3, -0.25) is 9.69 Å². The minimum Gasteiger partial charge on any atom is -0.344 e. The summed E-state index contributed by atoms with van der Waals surface area (Å²) in [5.41, 5.74) is 6.65. The third-order valence-electron chi connectivity index (χ3n) is 6.15. The molecule has 1 saturated heterocycles. The number of hydrogen-bond acceptors (Lipinski definition) is 4. The number of benzene rings is 2. The molecule has 1 unspecified atom stereocenters. The monoisotopic (exact) mass is 417 g/mol. The van der Waals surface area contributed by atoms with E-state index in [-0.39, 0.29) is 11.8 Å². The minimum atomic E-state index is -0.157. The average Bonchev–Trinajstić information content (AvgIpc) is 2.75. The van der Waals surface area contributed by atoms with E-state index >= 15 is 0 Å². The lowest BCUT2D eigenvalue weighted by Crippen LogP contribution is -2.47. The highest BCUT2D eigenvalue weighted by Crippen LogP contribution is 2.43. The maximum absolute atomic E-state index is 13.1. The molecule has 1 atom stereocenters. The van der Waals surface area contributed by atoms with E-state index in [2.05, 4.69) is 81.1 Å². The zero-order chi connectivity index (χ0) is 21.4. The number of anilines is 1. The van der Waals surface area contributed by atoms with E-state index in [1.165, 1.54) is 16.7 Å². The molecular weight excluding hydrogens is 390 g/mol. The highest BCUT2D eigenvalue weighted by Gasteiger charge is 2.38. The van der Waals surface area contributed by atoms with Crippen molar-refractivity contribution in [3.63, 3.8) is 0 Å². The first-order valence-electron chi connectivity index (χ1n) is 10.4. The van der Waals surface area contributed by atoms with E-state index < -0.39 is 0 Å². The van der Waals surface area contributed by atoms with Crippen LogP contribution in [0.5, 0.6) is 0 Å². The van der Waals surface area contributed by atoms with Crippen LogP contribution in [0.15, 0.2) is 53.1 Å². The summed E-state index contributed by atoms with van der Waals surface area (Å²) in [4.78, 5) is 17.1. The van der Waals surface area contributed by atoms with Crippen LogP contribution < -0.4 is 4.90 Å². The molecule has 0 bridgehead atoms. The van der Waals surface area contributed by atoms with Crippen LogP contribution in [-0.2, 0) is 4.79 Å². The van der Waals surface area contributed by atoms with Crippen molar-refractivity contribution >= 4 is 23.4 Å². The maximum Gasteiger partial charge on any atom is 0.229 e. The van der Waals surface area contributed by atoms with Gasteiger partial charge in [0, 0.05) is 18.0 Å². The van der Waals surface area contributed by atoms with Gasteiger partial charge in [-0.25, -0.2) is 0 Å². The summed E-state index contributed by atoms with van der Waals surface area (Å²) in [5.74, 6) is 1.12. The molecule has 0 N–H and O–H groups in total. The number of hydrogen-bond donors (Lipinski definition) is 0. The molecule has 2 aliphatic rings. The number of carbonyl (C=O) groups excluding carboxylic acids is 1. The van der Waals surface area contributed by atoms with Gasteiger partial charge in [-0.05, 0) is 54.2 Å². The largest absolute Gasteiger partial charge is 0.344 e. The molecule has 0 aliphatic carbocycles. The van der Waals surface area contributed by atoms with Gasteiger partial charge in [0.05, 0.1) is 29.2 Å². The molecular formula is C25H27N3OS. The predicted molar refractivity (Wildman–Crippen MR) is 123 cm³/mol. The summed E-state index contributed by atoms with van der Waals surface area (Å²) in [6, 6.07) is 17.2. The fraction of sp³-hybridized carbons (Fsp3) is 0.360. The SMILES string of the molecule is Cc1ccc(N2CSC3=C(C#N)C(c4ccc(C(C)C)cc4)CC(=O)N3C2)cc1C. The van der Waals surface area contributed by atoms with Gasteiger partial charge in [-0.2, -0.15) is 5.26 Å². The molecule has 1 amide bonds. The first kappa shape index (κ1) is 20.6. The summed E-state index contributed by atoms with van der Waals surface area (Å²) < 4.78 is 0. The van der Waals surface area contributed by atoms with Crippen molar-refractivity contribution in [2.75, 3.05) is 17.4 Å². The Bertz CT molecular complexity index is 1050. The molecule has 154 valence electrons. The number of rotatable bonds is 3. The Labute approximate surface area is 183 Å². The molecule has 2 aromatic carbocycles. The second kappa shape index (κ2) is 8.20. The number of fused-ring (bicyclic) bond motifs is 1. The Kier molecular flexibility index (Phi) is 5.62. The number of thioether (sulfide) groups is 1. The predicted octanol–water partition coefficient (Wildman–Crippen LogP) is 5.65. The first-order valence-corrected chi connectivity index (χ1v) is 11.4. The lowest BCUT2D eigenvalue weighted by Gasteiger charge is -2.42. The second-order valence-electron chi connectivity index (χ2n) is 8.45. The number of carbonyl (C=O) groups is 1. The Morgan fingerprint density at radius 3 is 2.47 bits per heavy atom. The molecule has 0 saturated carbocycles. The topological polar surface area (TPSA) is 47.3 Å². The number of aryl methyl sites for hydroxylation is 2. The van der Waals surface area contributed by atoms with Crippen LogP contribution >= 0.6 is 11.8 Å². The van der Waals surface area contributed by atoms with Gasteiger partial charge in [0.2, 0.25) is 5.91 Å². The van der Waals surface area contributed by atoms with Crippen LogP contribution in [0.1, 0.15) is 54.4 Å². The van der Waals surface area contributed by atoms with Gasteiger partial charge in [0.15, 0.2) is 0 Å². The number of nitrogens with zero attached hydrogens (tertiary/aromatic N) is 3. The second-order valence-corrected chi connectivity index (χ2v) is 9.39. The molecule has 0 spiro atoms. The van der Waals surface area contributed by atoms with Crippen molar-refractivity contribution in [3.8, 4) is 6.07 Å². The van der Waals surface area contributed by atoms with Gasteiger partial charge in [-0.15, -0.1) is 0 Å². The van der Waals surface area contributed by atoms with Crippen LogP contribution in [-0.4, -0.2) is 23.4 Å². The van der Waals surface area contributed by atoms with Gasteiger partial charge < -0.3 is 4.90 Å². The van der Waals surface area contributed by atoms with E-state index in [1.807, 2.05) is 0 Å². The molecule has 4 nitrogen and oxygen atoms in total. The van der Waals surface area contributed by atoms with Crippen molar-refractivity contribution in [1.29, 1.82) is 5.26 Å². The zero-order valence-corrected chi connectivity index (χ0v) is 18.8. The van der Waals surface area contributed by atoms with Crippen LogP contribution in [0.2, 0.25) is 0 Å². The molecule has 2 aromatic rings. The van der Waals surface area contributed by atoms with Crippen LogP contribution in [0, 0.1) is 25.2 Å². The maximum atomic E-state index is 13.1. The van der Waals surface area contributed by atoms with E-state index in [0.717, 1.165) is 27.7 Å². The third-order valence-corrected chi connectivity index (χ3v) is 7.31. The number of amides is 1. The Morgan fingerprint density at radius 1 is 1.10 bits per heavy atom. The van der Waals surface area contributed by atoms with Gasteiger partial charge in [0.25, 0.3) is 0 Å². The van der Waals surface area contributed by atoms with E-state index in [4.69, 9.17) is 0 Å². The molecule has 0 aromatic heterocycles. The van der Waals surface area contributed by atoms with Gasteiger partial charge in [0.1, 0.15) is 0 Å².